The Bertz CT molecular complexity index is 939. The maximum atomic E-state index is 13.2. The Kier molecular flexibility index (Phi) is 7.64. The number of carbonyl (C=O) groups excluding carboxylic acids is 1. The fourth-order valence-electron chi connectivity index (χ4n) is 3.80. The van der Waals surface area contributed by atoms with Gasteiger partial charge in [-0.05, 0) is 43.4 Å². The van der Waals surface area contributed by atoms with E-state index in [1.165, 1.54) is 0 Å². The van der Waals surface area contributed by atoms with Gasteiger partial charge < -0.3 is 4.90 Å². The molecule has 1 aliphatic heterocycles. The van der Waals surface area contributed by atoms with Crippen LogP contribution in [0.2, 0.25) is 0 Å². The summed E-state index contributed by atoms with van der Waals surface area (Å²) in [4.78, 5) is 15.1. The molecule has 1 amide bonds. The summed E-state index contributed by atoms with van der Waals surface area (Å²) < 4.78 is 27.5. The smallest absolute Gasteiger partial charge is 0.244 e. The summed E-state index contributed by atoms with van der Waals surface area (Å²) in [6.45, 7) is 5.60. The molecule has 1 aliphatic rings. The van der Waals surface area contributed by atoms with E-state index < -0.39 is 16.1 Å². The van der Waals surface area contributed by atoms with Crippen molar-refractivity contribution in [2.24, 2.45) is 0 Å². The summed E-state index contributed by atoms with van der Waals surface area (Å²) in [6, 6.07) is 16.6. The zero-order valence-corrected chi connectivity index (χ0v) is 18.5. The minimum absolute atomic E-state index is 0.0743. The summed E-state index contributed by atoms with van der Waals surface area (Å²) in [7, 11) is -3.43. The molecular weight excluding hydrogens is 398 g/mol. The zero-order valence-electron chi connectivity index (χ0n) is 17.7. The third kappa shape index (κ3) is 6.14. The van der Waals surface area contributed by atoms with Gasteiger partial charge in [0.05, 0.1) is 5.75 Å². The highest BCUT2D eigenvalue weighted by Crippen LogP contribution is 2.21. The van der Waals surface area contributed by atoms with Crippen molar-refractivity contribution >= 4 is 15.9 Å². The number of nitrogens with one attached hydrogen (secondary N) is 2. The lowest BCUT2D eigenvalue weighted by Crippen LogP contribution is -2.39. The van der Waals surface area contributed by atoms with Gasteiger partial charge in [0.15, 0.2) is 0 Å². The number of sulfonamides is 1. The van der Waals surface area contributed by atoms with Gasteiger partial charge in [-0.3, -0.25) is 10.1 Å². The normalized spacial score (nSPS) is 15.5. The number of hydrogen-bond acceptors (Lipinski definition) is 4. The Morgan fingerprint density at radius 2 is 1.57 bits per heavy atom. The summed E-state index contributed by atoms with van der Waals surface area (Å²) in [5, 5.41) is 3.39. The Hall–Kier alpha value is -2.22. The molecule has 0 aliphatic carbocycles. The van der Waals surface area contributed by atoms with Crippen LogP contribution in [-0.2, 0) is 27.1 Å². The van der Waals surface area contributed by atoms with Crippen LogP contribution in [0.4, 0.5) is 0 Å². The number of carbonyl (C=O) groups is 1. The summed E-state index contributed by atoms with van der Waals surface area (Å²) >= 11 is 0. The van der Waals surface area contributed by atoms with Gasteiger partial charge in [-0.2, -0.15) is 0 Å². The van der Waals surface area contributed by atoms with E-state index in [1.807, 2.05) is 59.5 Å². The first kappa shape index (κ1) is 22.5. The second-order valence-corrected chi connectivity index (χ2v) is 9.81. The Morgan fingerprint density at radius 3 is 2.20 bits per heavy atom. The number of rotatable bonds is 9. The number of hydrogen-bond donors (Lipinski definition) is 2. The van der Waals surface area contributed by atoms with E-state index in [9.17, 15) is 13.2 Å². The van der Waals surface area contributed by atoms with E-state index in [4.69, 9.17) is 0 Å². The first-order chi connectivity index (χ1) is 14.4. The van der Waals surface area contributed by atoms with Crippen LogP contribution >= 0.6 is 0 Å². The first-order valence-electron chi connectivity index (χ1n) is 10.5. The highest BCUT2D eigenvalue weighted by atomic mass is 32.2. The molecule has 1 fully saturated rings. The molecule has 0 radical (unpaired) electrons. The lowest BCUT2D eigenvalue weighted by molar-refractivity contribution is -0.132. The molecule has 0 unspecified atom stereocenters. The monoisotopic (exact) mass is 429 g/mol. The molecule has 1 atom stereocenters. The van der Waals surface area contributed by atoms with E-state index in [2.05, 4.69) is 10.0 Å². The quantitative estimate of drug-likeness (QED) is 0.642. The molecule has 2 aromatic rings. The molecule has 0 aromatic heterocycles. The number of likely N-dealkylation sites (tertiary alicyclic amines) is 1. The second-order valence-electron chi connectivity index (χ2n) is 8.06. The second kappa shape index (κ2) is 10.2. The van der Waals surface area contributed by atoms with Crippen molar-refractivity contribution in [1.29, 1.82) is 0 Å². The average molecular weight is 430 g/mol. The molecule has 0 spiro atoms. The molecule has 0 saturated carbocycles. The summed E-state index contributed by atoms with van der Waals surface area (Å²) in [6.07, 6.45) is 2.08. The topological polar surface area (TPSA) is 78.5 Å². The van der Waals surface area contributed by atoms with Crippen LogP contribution in [-0.4, -0.2) is 38.4 Å². The van der Waals surface area contributed by atoms with Gasteiger partial charge in [-0.25, -0.2) is 13.1 Å². The molecule has 30 heavy (non-hydrogen) atoms. The van der Waals surface area contributed by atoms with Gasteiger partial charge >= 0.3 is 0 Å². The van der Waals surface area contributed by atoms with Crippen LogP contribution in [0.25, 0.3) is 0 Å². The van der Waals surface area contributed by atoms with Gasteiger partial charge in [0.2, 0.25) is 15.9 Å². The predicted octanol–water partition coefficient (Wildman–Crippen LogP) is 2.97. The SMILES string of the molecule is CC(C)NS(=O)(=O)Cc1ccccc1CN[C@H](C(=O)N1CCCC1)c1ccccc1. The van der Waals surface area contributed by atoms with Gasteiger partial charge in [-0.1, -0.05) is 54.6 Å². The largest absolute Gasteiger partial charge is 0.341 e. The maximum absolute atomic E-state index is 13.2. The molecule has 6 nitrogen and oxygen atoms in total. The molecular formula is C23H31N3O3S. The van der Waals surface area contributed by atoms with Gasteiger partial charge in [0.25, 0.3) is 0 Å². The average Bonchev–Trinajstić information content (AvgIpc) is 3.23. The Morgan fingerprint density at radius 1 is 0.967 bits per heavy atom. The molecule has 162 valence electrons. The molecule has 3 rings (SSSR count). The van der Waals surface area contributed by atoms with E-state index in [1.54, 1.807) is 13.8 Å². The number of benzene rings is 2. The van der Waals surface area contributed by atoms with Crippen molar-refractivity contribution in [3.05, 3.63) is 71.3 Å². The summed E-state index contributed by atoms with van der Waals surface area (Å²) in [5.74, 6) is -0.00989. The lowest BCUT2D eigenvalue weighted by Gasteiger charge is -2.25. The van der Waals surface area contributed by atoms with E-state index >= 15 is 0 Å². The van der Waals surface area contributed by atoms with Crippen molar-refractivity contribution in [2.75, 3.05) is 13.1 Å². The van der Waals surface area contributed by atoms with Crippen molar-refractivity contribution in [2.45, 2.75) is 51.1 Å². The van der Waals surface area contributed by atoms with Crippen LogP contribution in [0.5, 0.6) is 0 Å². The molecule has 7 heteroatoms. The fraction of sp³-hybridized carbons (Fsp3) is 0.435. The molecule has 2 aromatic carbocycles. The van der Waals surface area contributed by atoms with Gasteiger partial charge in [0.1, 0.15) is 6.04 Å². The first-order valence-corrected chi connectivity index (χ1v) is 12.1. The lowest BCUT2D eigenvalue weighted by atomic mass is 10.0. The fourth-order valence-corrected chi connectivity index (χ4v) is 5.29. The molecule has 2 N–H and O–H groups in total. The van der Waals surface area contributed by atoms with Crippen LogP contribution in [0.1, 0.15) is 49.4 Å². The van der Waals surface area contributed by atoms with E-state index in [-0.39, 0.29) is 17.7 Å². The number of amides is 1. The zero-order chi connectivity index (χ0) is 21.6. The minimum Gasteiger partial charge on any atom is -0.341 e. The van der Waals surface area contributed by atoms with Crippen LogP contribution in [0.3, 0.4) is 0 Å². The standard InChI is InChI=1S/C23H31N3O3S/c1-18(2)25-30(28,29)17-21-13-7-6-12-20(21)16-24-22(19-10-4-3-5-11-19)23(27)26-14-8-9-15-26/h3-7,10-13,18,22,24-25H,8-9,14-17H2,1-2H3/t22-/m0/s1. The van der Waals surface area contributed by atoms with Crippen LogP contribution < -0.4 is 10.0 Å². The number of nitrogens with zero attached hydrogens (tertiary/aromatic N) is 1. The molecule has 0 bridgehead atoms. The molecule has 1 saturated heterocycles. The van der Waals surface area contributed by atoms with Crippen molar-refractivity contribution in [3.8, 4) is 0 Å². The van der Waals surface area contributed by atoms with Gasteiger partial charge in [-0.15, -0.1) is 0 Å². The molecule has 1 heterocycles. The highest BCUT2D eigenvalue weighted by molar-refractivity contribution is 7.88. The van der Waals surface area contributed by atoms with Crippen LogP contribution in [0, 0.1) is 0 Å². The summed E-state index contributed by atoms with van der Waals surface area (Å²) in [5.41, 5.74) is 2.53. The predicted molar refractivity (Wildman–Crippen MR) is 119 cm³/mol. The Labute approximate surface area is 179 Å². The third-order valence-electron chi connectivity index (χ3n) is 5.17. The third-order valence-corrected chi connectivity index (χ3v) is 6.69. The van der Waals surface area contributed by atoms with E-state index in [0.29, 0.717) is 6.54 Å². The van der Waals surface area contributed by atoms with Crippen molar-refractivity contribution < 1.29 is 13.2 Å². The van der Waals surface area contributed by atoms with Crippen molar-refractivity contribution in [1.82, 2.24) is 14.9 Å². The Balaban J connectivity index is 1.78. The highest BCUT2D eigenvalue weighted by Gasteiger charge is 2.27. The van der Waals surface area contributed by atoms with Crippen molar-refractivity contribution in [3.63, 3.8) is 0 Å². The van der Waals surface area contributed by atoms with E-state index in [0.717, 1.165) is 42.6 Å². The van der Waals surface area contributed by atoms with Gasteiger partial charge in [0, 0.05) is 25.7 Å². The minimum atomic E-state index is -3.43. The van der Waals surface area contributed by atoms with Crippen LogP contribution in [0.15, 0.2) is 54.6 Å². The maximum Gasteiger partial charge on any atom is 0.244 e.